The molecule has 0 fully saturated rings. The number of anilines is 1. The molecule has 0 saturated carbocycles. The van der Waals surface area contributed by atoms with E-state index in [9.17, 15) is 20.0 Å². The molecule has 2 atom stereocenters. The summed E-state index contributed by atoms with van der Waals surface area (Å²) in [5, 5.41) is 25.1. The highest BCUT2D eigenvalue weighted by Gasteiger charge is 2.32. The number of nitro benzene ring substituents is 1. The maximum Gasteiger partial charge on any atom is 0.313 e. The standard InChI is InChI=1S/C22H18Cl2N2O5/c1-31-19-8-4-13(5-9-19)20(22(27)28)21(14-2-6-18(7-3-14)26(29)30)25-17-11-15(23)10-16(24)12-17/h2-12,20-21,25H,1H3,(H,27,28)/t20-,21-/m1/s1. The van der Waals surface area contributed by atoms with Gasteiger partial charge in [-0.25, -0.2) is 0 Å². The van der Waals surface area contributed by atoms with Gasteiger partial charge in [0, 0.05) is 27.9 Å². The molecule has 3 aromatic rings. The van der Waals surface area contributed by atoms with Gasteiger partial charge < -0.3 is 15.2 Å². The molecule has 0 bridgehead atoms. The van der Waals surface area contributed by atoms with Crippen LogP contribution < -0.4 is 10.1 Å². The number of carboxylic acid groups (broad SMARTS) is 1. The van der Waals surface area contributed by atoms with Crippen LogP contribution in [0.5, 0.6) is 5.75 Å². The van der Waals surface area contributed by atoms with Crippen molar-refractivity contribution in [2.75, 3.05) is 12.4 Å². The van der Waals surface area contributed by atoms with Crippen molar-refractivity contribution in [3.8, 4) is 5.75 Å². The molecule has 0 aromatic heterocycles. The first kappa shape index (κ1) is 22.4. The fourth-order valence-electron chi connectivity index (χ4n) is 3.27. The van der Waals surface area contributed by atoms with Crippen LogP contribution >= 0.6 is 23.2 Å². The second kappa shape index (κ2) is 9.68. The molecule has 160 valence electrons. The van der Waals surface area contributed by atoms with Gasteiger partial charge in [-0.15, -0.1) is 0 Å². The summed E-state index contributed by atoms with van der Waals surface area (Å²) < 4.78 is 5.16. The normalized spacial score (nSPS) is 12.6. The van der Waals surface area contributed by atoms with E-state index in [1.165, 1.54) is 31.4 Å². The third-order valence-electron chi connectivity index (χ3n) is 4.72. The first-order valence-corrected chi connectivity index (χ1v) is 9.88. The van der Waals surface area contributed by atoms with E-state index >= 15 is 0 Å². The Hall–Kier alpha value is -3.29. The average molecular weight is 461 g/mol. The van der Waals surface area contributed by atoms with E-state index in [4.69, 9.17) is 27.9 Å². The molecular weight excluding hydrogens is 443 g/mol. The quantitative estimate of drug-likeness (QED) is 0.318. The highest BCUT2D eigenvalue weighted by Crippen LogP contribution is 2.37. The fourth-order valence-corrected chi connectivity index (χ4v) is 3.79. The van der Waals surface area contributed by atoms with Crippen LogP contribution in [0.15, 0.2) is 66.7 Å². The monoisotopic (exact) mass is 460 g/mol. The summed E-state index contributed by atoms with van der Waals surface area (Å²) in [4.78, 5) is 22.9. The Kier molecular flexibility index (Phi) is 6.99. The zero-order chi connectivity index (χ0) is 22.5. The highest BCUT2D eigenvalue weighted by molar-refractivity contribution is 6.35. The van der Waals surface area contributed by atoms with E-state index < -0.39 is 22.9 Å². The highest BCUT2D eigenvalue weighted by atomic mass is 35.5. The fraction of sp³-hybridized carbons (Fsp3) is 0.136. The van der Waals surface area contributed by atoms with Gasteiger partial charge in [-0.2, -0.15) is 0 Å². The summed E-state index contributed by atoms with van der Waals surface area (Å²) in [6.07, 6.45) is 0. The van der Waals surface area contributed by atoms with Crippen molar-refractivity contribution in [2.45, 2.75) is 12.0 Å². The molecule has 2 N–H and O–H groups in total. The van der Waals surface area contributed by atoms with Crippen molar-refractivity contribution in [1.29, 1.82) is 0 Å². The summed E-state index contributed by atoms with van der Waals surface area (Å²) in [5.41, 5.74) is 1.49. The van der Waals surface area contributed by atoms with Gasteiger partial charge in [0.05, 0.1) is 18.1 Å². The minimum atomic E-state index is -1.07. The minimum Gasteiger partial charge on any atom is -0.497 e. The van der Waals surface area contributed by atoms with Gasteiger partial charge in [0.2, 0.25) is 0 Å². The molecule has 7 nitrogen and oxygen atoms in total. The molecule has 0 spiro atoms. The SMILES string of the molecule is COc1ccc([C@@H](C(=O)O)[C@H](Nc2cc(Cl)cc(Cl)c2)c2ccc([N+](=O)[O-])cc2)cc1. The number of carboxylic acids is 1. The van der Waals surface area contributed by atoms with E-state index in [-0.39, 0.29) is 5.69 Å². The van der Waals surface area contributed by atoms with Crippen molar-refractivity contribution < 1.29 is 19.6 Å². The van der Waals surface area contributed by atoms with Gasteiger partial charge in [0.15, 0.2) is 0 Å². The molecule has 3 rings (SSSR count). The molecular formula is C22H18Cl2N2O5. The van der Waals surface area contributed by atoms with Crippen LogP contribution in [0.1, 0.15) is 23.1 Å². The first-order chi connectivity index (χ1) is 14.8. The third-order valence-corrected chi connectivity index (χ3v) is 5.16. The molecule has 0 unspecified atom stereocenters. The molecule has 31 heavy (non-hydrogen) atoms. The molecule has 0 saturated heterocycles. The summed E-state index contributed by atoms with van der Waals surface area (Å²) in [5.74, 6) is -1.51. The van der Waals surface area contributed by atoms with Gasteiger partial charge in [0.25, 0.3) is 5.69 Å². The number of benzene rings is 3. The average Bonchev–Trinajstić information content (AvgIpc) is 2.73. The number of rotatable bonds is 8. The van der Waals surface area contributed by atoms with Crippen LogP contribution in [-0.2, 0) is 4.79 Å². The lowest BCUT2D eigenvalue weighted by Crippen LogP contribution is -2.26. The number of carbonyl (C=O) groups is 1. The van der Waals surface area contributed by atoms with E-state index in [0.717, 1.165) is 0 Å². The zero-order valence-corrected chi connectivity index (χ0v) is 17.8. The Labute approximate surface area is 188 Å². The van der Waals surface area contributed by atoms with Crippen LogP contribution in [-0.4, -0.2) is 23.1 Å². The Morgan fingerprint density at radius 3 is 2.03 bits per heavy atom. The smallest absolute Gasteiger partial charge is 0.313 e. The van der Waals surface area contributed by atoms with Gasteiger partial charge in [0.1, 0.15) is 11.7 Å². The number of nitrogens with zero attached hydrogens (tertiary/aromatic N) is 1. The minimum absolute atomic E-state index is 0.0929. The second-order valence-corrected chi connectivity index (χ2v) is 7.59. The zero-order valence-electron chi connectivity index (χ0n) is 16.3. The summed E-state index contributed by atoms with van der Waals surface area (Å²) >= 11 is 12.2. The molecule has 0 aliphatic carbocycles. The van der Waals surface area contributed by atoms with Crippen molar-refractivity contribution in [3.05, 3.63) is 98.0 Å². The largest absolute Gasteiger partial charge is 0.497 e. The third kappa shape index (κ3) is 5.45. The second-order valence-electron chi connectivity index (χ2n) is 6.72. The van der Waals surface area contributed by atoms with Crippen LogP contribution in [0, 0.1) is 10.1 Å². The van der Waals surface area contributed by atoms with Crippen molar-refractivity contribution in [3.63, 3.8) is 0 Å². The van der Waals surface area contributed by atoms with Crippen molar-refractivity contribution in [2.24, 2.45) is 0 Å². The van der Waals surface area contributed by atoms with Crippen LogP contribution in [0.2, 0.25) is 10.0 Å². The van der Waals surface area contributed by atoms with Crippen LogP contribution in [0.3, 0.4) is 0 Å². The number of nitrogens with one attached hydrogen (secondary N) is 1. The number of hydrogen-bond donors (Lipinski definition) is 2. The molecule has 0 radical (unpaired) electrons. The lowest BCUT2D eigenvalue weighted by molar-refractivity contribution is -0.384. The molecule has 0 heterocycles. The maximum atomic E-state index is 12.3. The molecule has 0 aliphatic rings. The van der Waals surface area contributed by atoms with Gasteiger partial charge >= 0.3 is 5.97 Å². The Balaban J connectivity index is 2.09. The Morgan fingerprint density at radius 1 is 1.00 bits per heavy atom. The van der Waals surface area contributed by atoms with E-state index in [2.05, 4.69) is 5.32 Å². The van der Waals surface area contributed by atoms with Gasteiger partial charge in [-0.05, 0) is 41.5 Å². The number of non-ortho nitro benzene ring substituents is 1. The number of methoxy groups -OCH3 is 1. The molecule has 0 amide bonds. The van der Waals surface area contributed by atoms with Crippen molar-refractivity contribution >= 4 is 40.5 Å². The molecule has 9 heteroatoms. The number of halogens is 2. The topological polar surface area (TPSA) is 102 Å². The molecule has 3 aromatic carbocycles. The van der Waals surface area contributed by atoms with Gasteiger partial charge in [-0.1, -0.05) is 47.5 Å². The van der Waals surface area contributed by atoms with E-state index in [1.807, 2.05) is 0 Å². The maximum absolute atomic E-state index is 12.3. The Morgan fingerprint density at radius 2 is 1.55 bits per heavy atom. The lowest BCUT2D eigenvalue weighted by Gasteiger charge is -2.27. The number of aliphatic carboxylic acids is 1. The number of nitro groups is 1. The first-order valence-electron chi connectivity index (χ1n) is 9.12. The van der Waals surface area contributed by atoms with Gasteiger partial charge in [-0.3, -0.25) is 14.9 Å². The van der Waals surface area contributed by atoms with Crippen LogP contribution in [0.25, 0.3) is 0 Å². The lowest BCUT2D eigenvalue weighted by atomic mass is 9.86. The van der Waals surface area contributed by atoms with E-state index in [0.29, 0.717) is 32.6 Å². The molecule has 0 aliphatic heterocycles. The number of ether oxygens (including phenoxy) is 1. The Bertz CT molecular complexity index is 1070. The van der Waals surface area contributed by atoms with E-state index in [1.54, 1.807) is 42.5 Å². The summed E-state index contributed by atoms with van der Waals surface area (Å²) in [6.45, 7) is 0. The number of hydrogen-bond acceptors (Lipinski definition) is 5. The predicted molar refractivity (Wildman–Crippen MR) is 119 cm³/mol. The van der Waals surface area contributed by atoms with Crippen LogP contribution in [0.4, 0.5) is 11.4 Å². The van der Waals surface area contributed by atoms with Crippen molar-refractivity contribution in [1.82, 2.24) is 0 Å². The summed E-state index contributed by atoms with van der Waals surface area (Å²) in [6, 6.07) is 16.5. The summed E-state index contributed by atoms with van der Waals surface area (Å²) in [7, 11) is 1.52. The predicted octanol–water partition coefficient (Wildman–Crippen LogP) is 5.93.